The third-order valence-electron chi connectivity index (χ3n) is 3.23. The Morgan fingerprint density at radius 2 is 2.12 bits per heavy atom. The zero-order valence-corrected chi connectivity index (χ0v) is 9.92. The van der Waals surface area contributed by atoms with Crippen LogP contribution in [0.2, 0.25) is 0 Å². The SMILES string of the molecule is CC1(OCC(=O)N2CCCNCC2)CNC1. The molecule has 0 spiro atoms. The number of carbonyl (C=O) groups is 1. The fraction of sp³-hybridized carbons (Fsp3) is 0.909. The van der Waals surface area contributed by atoms with Gasteiger partial charge in [-0.05, 0) is 19.9 Å². The van der Waals surface area contributed by atoms with Gasteiger partial charge in [0.2, 0.25) is 5.91 Å². The first-order chi connectivity index (χ1) is 7.70. The average molecular weight is 227 g/mol. The van der Waals surface area contributed by atoms with Crippen LogP contribution in [0.3, 0.4) is 0 Å². The van der Waals surface area contributed by atoms with Crippen LogP contribution in [-0.2, 0) is 9.53 Å². The van der Waals surface area contributed by atoms with Gasteiger partial charge in [0.1, 0.15) is 6.61 Å². The molecule has 0 aromatic carbocycles. The minimum absolute atomic E-state index is 0.122. The first kappa shape index (κ1) is 11.8. The fourth-order valence-electron chi connectivity index (χ4n) is 2.00. The Morgan fingerprint density at radius 3 is 2.81 bits per heavy atom. The van der Waals surface area contributed by atoms with E-state index in [0.717, 1.165) is 45.7 Å². The second-order valence-corrected chi connectivity index (χ2v) is 4.83. The van der Waals surface area contributed by atoms with Crippen molar-refractivity contribution >= 4 is 5.91 Å². The highest BCUT2D eigenvalue weighted by molar-refractivity contribution is 5.77. The zero-order valence-electron chi connectivity index (χ0n) is 9.92. The molecule has 2 fully saturated rings. The lowest BCUT2D eigenvalue weighted by atomic mass is 10.0. The third-order valence-corrected chi connectivity index (χ3v) is 3.23. The van der Waals surface area contributed by atoms with E-state index >= 15 is 0 Å². The molecular formula is C11H21N3O2. The minimum Gasteiger partial charge on any atom is -0.363 e. The normalized spacial score (nSPS) is 24.7. The standard InChI is InChI=1S/C11H21N3O2/c1-11(8-13-9-11)16-7-10(15)14-5-2-3-12-4-6-14/h12-13H,2-9H2,1H3. The molecule has 0 aliphatic carbocycles. The fourth-order valence-corrected chi connectivity index (χ4v) is 2.00. The van der Waals surface area contributed by atoms with Gasteiger partial charge in [0, 0.05) is 32.7 Å². The van der Waals surface area contributed by atoms with Gasteiger partial charge in [-0.25, -0.2) is 0 Å². The van der Waals surface area contributed by atoms with Crippen LogP contribution in [0.5, 0.6) is 0 Å². The van der Waals surface area contributed by atoms with Crippen molar-refractivity contribution in [2.45, 2.75) is 18.9 Å². The highest BCUT2D eigenvalue weighted by atomic mass is 16.5. The third kappa shape index (κ3) is 2.93. The Kier molecular flexibility index (Phi) is 3.78. The molecule has 2 rings (SSSR count). The first-order valence-corrected chi connectivity index (χ1v) is 6.03. The zero-order chi connectivity index (χ0) is 11.4. The van der Waals surface area contributed by atoms with E-state index < -0.39 is 0 Å². The molecule has 16 heavy (non-hydrogen) atoms. The van der Waals surface area contributed by atoms with Crippen LogP contribution in [0.25, 0.3) is 0 Å². The maximum absolute atomic E-state index is 11.9. The van der Waals surface area contributed by atoms with Crippen molar-refractivity contribution in [3.63, 3.8) is 0 Å². The second-order valence-electron chi connectivity index (χ2n) is 4.83. The van der Waals surface area contributed by atoms with Crippen molar-refractivity contribution < 1.29 is 9.53 Å². The number of carbonyl (C=O) groups excluding carboxylic acids is 1. The molecule has 0 radical (unpaired) electrons. The van der Waals surface area contributed by atoms with Gasteiger partial charge < -0.3 is 20.3 Å². The maximum Gasteiger partial charge on any atom is 0.248 e. The van der Waals surface area contributed by atoms with Crippen molar-refractivity contribution in [1.82, 2.24) is 15.5 Å². The van der Waals surface area contributed by atoms with E-state index in [-0.39, 0.29) is 18.1 Å². The molecule has 5 nitrogen and oxygen atoms in total. The van der Waals surface area contributed by atoms with Gasteiger partial charge in [0.15, 0.2) is 0 Å². The summed E-state index contributed by atoms with van der Waals surface area (Å²) >= 11 is 0. The van der Waals surface area contributed by atoms with Gasteiger partial charge in [0.25, 0.3) is 0 Å². The quantitative estimate of drug-likeness (QED) is 0.662. The summed E-state index contributed by atoms with van der Waals surface area (Å²) in [6, 6.07) is 0. The van der Waals surface area contributed by atoms with Crippen molar-refractivity contribution in [1.29, 1.82) is 0 Å². The molecule has 1 amide bonds. The molecule has 5 heteroatoms. The van der Waals surface area contributed by atoms with Crippen molar-refractivity contribution in [3.8, 4) is 0 Å². The number of hydrogen-bond acceptors (Lipinski definition) is 4. The Labute approximate surface area is 96.5 Å². The second kappa shape index (κ2) is 5.12. The van der Waals surface area contributed by atoms with Crippen LogP contribution in [-0.4, -0.2) is 62.3 Å². The molecule has 0 unspecified atom stereocenters. The van der Waals surface area contributed by atoms with E-state index in [2.05, 4.69) is 10.6 Å². The average Bonchev–Trinajstić information content (AvgIpc) is 2.51. The topological polar surface area (TPSA) is 53.6 Å². The summed E-state index contributed by atoms with van der Waals surface area (Å²) in [6.45, 7) is 7.51. The largest absolute Gasteiger partial charge is 0.363 e. The van der Waals surface area contributed by atoms with E-state index in [1.165, 1.54) is 0 Å². The van der Waals surface area contributed by atoms with E-state index in [0.29, 0.717) is 0 Å². The predicted octanol–water partition coefficient (Wildman–Crippen LogP) is -0.813. The van der Waals surface area contributed by atoms with Crippen molar-refractivity contribution in [3.05, 3.63) is 0 Å². The molecule has 0 bridgehead atoms. The highest BCUT2D eigenvalue weighted by Gasteiger charge is 2.33. The number of ether oxygens (including phenoxy) is 1. The summed E-state index contributed by atoms with van der Waals surface area (Å²) in [5.41, 5.74) is -0.125. The predicted molar refractivity (Wildman–Crippen MR) is 61.3 cm³/mol. The lowest BCUT2D eigenvalue weighted by Gasteiger charge is -2.39. The molecule has 2 aliphatic rings. The van der Waals surface area contributed by atoms with Gasteiger partial charge in [0.05, 0.1) is 5.60 Å². The Morgan fingerprint density at radius 1 is 1.31 bits per heavy atom. The molecule has 2 saturated heterocycles. The molecule has 0 atom stereocenters. The Bertz CT molecular complexity index is 246. The van der Waals surface area contributed by atoms with Crippen molar-refractivity contribution in [2.24, 2.45) is 0 Å². The number of hydrogen-bond donors (Lipinski definition) is 2. The van der Waals surface area contributed by atoms with Gasteiger partial charge in [-0.15, -0.1) is 0 Å². The van der Waals surface area contributed by atoms with Crippen LogP contribution in [0.4, 0.5) is 0 Å². The lowest BCUT2D eigenvalue weighted by molar-refractivity contribution is -0.145. The Balaban J connectivity index is 1.73. The van der Waals surface area contributed by atoms with Gasteiger partial charge >= 0.3 is 0 Å². The van der Waals surface area contributed by atoms with Gasteiger partial charge in [-0.3, -0.25) is 4.79 Å². The van der Waals surface area contributed by atoms with E-state index in [1.54, 1.807) is 0 Å². The highest BCUT2D eigenvalue weighted by Crippen LogP contribution is 2.15. The molecule has 0 saturated carbocycles. The van der Waals surface area contributed by atoms with Crippen LogP contribution in [0.15, 0.2) is 0 Å². The maximum atomic E-state index is 11.9. The van der Waals surface area contributed by atoms with Crippen LogP contribution in [0, 0.1) is 0 Å². The van der Waals surface area contributed by atoms with Crippen LogP contribution >= 0.6 is 0 Å². The molecule has 0 aromatic heterocycles. The van der Waals surface area contributed by atoms with Gasteiger partial charge in [-0.1, -0.05) is 0 Å². The summed E-state index contributed by atoms with van der Waals surface area (Å²) in [4.78, 5) is 13.8. The van der Waals surface area contributed by atoms with E-state index in [9.17, 15) is 4.79 Å². The number of nitrogens with zero attached hydrogens (tertiary/aromatic N) is 1. The van der Waals surface area contributed by atoms with Gasteiger partial charge in [-0.2, -0.15) is 0 Å². The molecular weight excluding hydrogens is 206 g/mol. The summed E-state index contributed by atoms with van der Waals surface area (Å²) in [5, 5.41) is 6.44. The van der Waals surface area contributed by atoms with Crippen molar-refractivity contribution in [2.75, 3.05) is 45.9 Å². The van der Waals surface area contributed by atoms with E-state index in [1.807, 2.05) is 11.8 Å². The molecule has 2 N–H and O–H groups in total. The molecule has 2 aliphatic heterocycles. The molecule has 0 aromatic rings. The number of nitrogens with one attached hydrogen (secondary N) is 2. The monoisotopic (exact) mass is 227 g/mol. The summed E-state index contributed by atoms with van der Waals surface area (Å²) < 4.78 is 5.65. The Hall–Kier alpha value is -0.650. The minimum atomic E-state index is -0.125. The van der Waals surface area contributed by atoms with Crippen LogP contribution in [0.1, 0.15) is 13.3 Å². The lowest BCUT2D eigenvalue weighted by Crippen LogP contribution is -2.59. The number of amides is 1. The number of rotatable bonds is 3. The smallest absolute Gasteiger partial charge is 0.248 e. The van der Waals surface area contributed by atoms with E-state index in [4.69, 9.17) is 4.74 Å². The first-order valence-electron chi connectivity index (χ1n) is 6.03. The summed E-state index contributed by atoms with van der Waals surface area (Å²) in [6.07, 6.45) is 1.03. The molecule has 2 heterocycles. The summed E-state index contributed by atoms with van der Waals surface area (Å²) in [7, 11) is 0. The van der Waals surface area contributed by atoms with Crippen LogP contribution < -0.4 is 10.6 Å². The molecule has 92 valence electrons. The summed E-state index contributed by atoms with van der Waals surface area (Å²) in [5.74, 6) is 0.122.